The normalized spacial score (nSPS) is 22.3. The van der Waals surface area contributed by atoms with Crippen LogP contribution in [0.25, 0.3) is 0 Å². The molecule has 2 aliphatic heterocycles. The number of piperidine rings is 2. The van der Waals surface area contributed by atoms with Gasteiger partial charge in [-0.3, -0.25) is 0 Å². The van der Waals surface area contributed by atoms with Crippen LogP contribution in [0.4, 0.5) is 0 Å². The Hall–Kier alpha value is -0.900. The minimum atomic E-state index is -0.347. The molecule has 1 atom stereocenters. The van der Waals surface area contributed by atoms with Crippen LogP contribution in [0.5, 0.6) is 0 Å². The van der Waals surface area contributed by atoms with Crippen molar-refractivity contribution in [3.05, 3.63) is 35.9 Å². The molecule has 0 radical (unpaired) electrons. The molecule has 3 heteroatoms. The van der Waals surface area contributed by atoms with Crippen LogP contribution in [-0.2, 0) is 0 Å². The fourth-order valence-corrected chi connectivity index (χ4v) is 4.13. The van der Waals surface area contributed by atoms with Crippen molar-refractivity contribution in [1.29, 1.82) is 0 Å². The first-order chi connectivity index (χ1) is 11.3. The van der Waals surface area contributed by atoms with Gasteiger partial charge in [-0.1, -0.05) is 43.2 Å². The fourth-order valence-electron chi connectivity index (χ4n) is 4.13. The summed E-state index contributed by atoms with van der Waals surface area (Å²) in [4.78, 5) is 5.15. The standard InChI is InChI=1S/C20H32N2O/c23-20(18-10-4-1-5-11-18)19(16-21-12-6-2-7-13-21)17-22-14-8-3-9-15-22/h1,4-5,10-11,19-20,23H,2-3,6-9,12-17H2. The van der Waals surface area contributed by atoms with Gasteiger partial charge >= 0.3 is 0 Å². The largest absolute Gasteiger partial charge is 0.388 e. The van der Waals surface area contributed by atoms with Crippen LogP contribution >= 0.6 is 0 Å². The molecule has 2 fully saturated rings. The highest BCUT2D eigenvalue weighted by atomic mass is 16.3. The summed E-state index contributed by atoms with van der Waals surface area (Å²) >= 11 is 0. The molecule has 2 saturated heterocycles. The highest BCUT2D eigenvalue weighted by Gasteiger charge is 2.27. The molecule has 1 aromatic carbocycles. The quantitative estimate of drug-likeness (QED) is 0.872. The lowest BCUT2D eigenvalue weighted by atomic mass is 9.93. The molecule has 2 aliphatic rings. The molecule has 0 amide bonds. The highest BCUT2D eigenvalue weighted by molar-refractivity contribution is 5.18. The van der Waals surface area contributed by atoms with E-state index in [0.29, 0.717) is 5.92 Å². The monoisotopic (exact) mass is 316 g/mol. The molecule has 0 aliphatic carbocycles. The summed E-state index contributed by atoms with van der Waals surface area (Å²) in [5.74, 6) is 0.314. The molecular weight excluding hydrogens is 284 g/mol. The van der Waals surface area contributed by atoms with Crippen molar-refractivity contribution in [3.63, 3.8) is 0 Å². The molecule has 2 heterocycles. The second-order valence-corrected chi connectivity index (χ2v) is 7.34. The Balaban J connectivity index is 1.66. The SMILES string of the molecule is OC(c1ccccc1)C(CN1CCCCC1)CN1CCCCC1. The molecule has 0 saturated carbocycles. The first kappa shape index (κ1) is 16.9. The molecule has 0 bridgehead atoms. The van der Waals surface area contributed by atoms with E-state index in [2.05, 4.69) is 21.9 Å². The molecule has 1 unspecified atom stereocenters. The van der Waals surface area contributed by atoms with Crippen molar-refractivity contribution in [2.45, 2.75) is 44.6 Å². The third-order valence-corrected chi connectivity index (χ3v) is 5.47. The van der Waals surface area contributed by atoms with Gasteiger partial charge in [-0.2, -0.15) is 0 Å². The van der Waals surface area contributed by atoms with E-state index in [0.717, 1.165) is 18.7 Å². The molecule has 0 aromatic heterocycles. The van der Waals surface area contributed by atoms with Gasteiger partial charge in [-0.15, -0.1) is 0 Å². The van der Waals surface area contributed by atoms with Crippen molar-refractivity contribution in [3.8, 4) is 0 Å². The zero-order chi connectivity index (χ0) is 15.9. The predicted molar refractivity (Wildman–Crippen MR) is 95.5 cm³/mol. The van der Waals surface area contributed by atoms with Crippen LogP contribution < -0.4 is 0 Å². The summed E-state index contributed by atoms with van der Waals surface area (Å²) in [5, 5.41) is 11.0. The minimum absolute atomic E-state index is 0.314. The fraction of sp³-hybridized carbons (Fsp3) is 0.700. The lowest BCUT2D eigenvalue weighted by Gasteiger charge is -2.36. The number of nitrogens with zero attached hydrogens (tertiary/aromatic N) is 2. The van der Waals surface area contributed by atoms with Crippen LogP contribution in [0.15, 0.2) is 30.3 Å². The van der Waals surface area contributed by atoms with Crippen LogP contribution in [0.2, 0.25) is 0 Å². The molecular formula is C20H32N2O. The van der Waals surface area contributed by atoms with E-state index in [-0.39, 0.29) is 6.10 Å². The lowest BCUT2D eigenvalue weighted by molar-refractivity contribution is 0.0445. The van der Waals surface area contributed by atoms with E-state index in [1.807, 2.05) is 18.2 Å². The van der Waals surface area contributed by atoms with Gasteiger partial charge in [0.15, 0.2) is 0 Å². The van der Waals surface area contributed by atoms with Crippen molar-refractivity contribution in [2.75, 3.05) is 39.3 Å². The predicted octanol–water partition coefficient (Wildman–Crippen LogP) is 3.31. The Morgan fingerprint density at radius 2 is 1.22 bits per heavy atom. The maximum absolute atomic E-state index is 11.0. The topological polar surface area (TPSA) is 26.7 Å². The van der Waals surface area contributed by atoms with Gasteiger partial charge in [0.2, 0.25) is 0 Å². The number of aliphatic hydroxyl groups excluding tert-OH is 1. The second-order valence-electron chi connectivity index (χ2n) is 7.34. The van der Waals surface area contributed by atoms with E-state index in [1.165, 1.54) is 64.7 Å². The van der Waals surface area contributed by atoms with Gasteiger partial charge in [0.1, 0.15) is 0 Å². The van der Waals surface area contributed by atoms with Gasteiger partial charge in [-0.25, -0.2) is 0 Å². The molecule has 1 N–H and O–H groups in total. The van der Waals surface area contributed by atoms with Gasteiger partial charge < -0.3 is 14.9 Å². The average molecular weight is 316 g/mol. The smallest absolute Gasteiger partial charge is 0.0842 e. The van der Waals surface area contributed by atoms with Crippen molar-refractivity contribution < 1.29 is 5.11 Å². The number of hydrogen-bond acceptors (Lipinski definition) is 3. The first-order valence-electron chi connectivity index (χ1n) is 9.50. The summed E-state index contributed by atoms with van der Waals surface area (Å²) in [5.41, 5.74) is 1.08. The van der Waals surface area contributed by atoms with Gasteiger partial charge in [0.25, 0.3) is 0 Å². The van der Waals surface area contributed by atoms with Crippen molar-refractivity contribution in [1.82, 2.24) is 9.80 Å². The number of likely N-dealkylation sites (tertiary alicyclic amines) is 2. The Morgan fingerprint density at radius 3 is 1.70 bits per heavy atom. The van der Waals surface area contributed by atoms with E-state index >= 15 is 0 Å². The zero-order valence-electron chi connectivity index (χ0n) is 14.4. The van der Waals surface area contributed by atoms with Crippen LogP contribution in [0, 0.1) is 5.92 Å². The Kier molecular flexibility index (Phi) is 6.49. The molecule has 128 valence electrons. The molecule has 23 heavy (non-hydrogen) atoms. The average Bonchev–Trinajstić information content (AvgIpc) is 2.63. The molecule has 3 nitrogen and oxygen atoms in total. The molecule has 3 rings (SSSR count). The third kappa shape index (κ3) is 5.03. The Labute approximate surface area is 141 Å². The van der Waals surface area contributed by atoms with E-state index in [9.17, 15) is 5.11 Å². The zero-order valence-corrected chi connectivity index (χ0v) is 14.4. The van der Waals surface area contributed by atoms with Gasteiger partial charge in [0.05, 0.1) is 6.10 Å². The summed E-state index contributed by atoms with van der Waals surface area (Å²) in [6.07, 6.45) is 7.66. The summed E-state index contributed by atoms with van der Waals surface area (Å²) in [7, 11) is 0. The van der Waals surface area contributed by atoms with E-state index < -0.39 is 0 Å². The maximum Gasteiger partial charge on any atom is 0.0842 e. The van der Waals surface area contributed by atoms with E-state index in [1.54, 1.807) is 0 Å². The van der Waals surface area contributed by atoms with Crippen LogP contribution in [0.1, 0.15) is 50.2 Å². The summed E-state index contributed by atoms with van der Waals surface area (Å²) in [6, 6.07) is 10.3. The van der Waals surface area contributed by atoms with Crippen LogP contribution in [-0.4, -0.2) is 54.2 Å². The first-order valence-corrected chi connectivity index (χ1v) is 9.50. The van der Waals surface area contributed by atoms with Gasteiger partial charge in [-0.05, 0) is 57.4 Å². The number of aliphatic hydroxyl groups is 1. The lowest BCUT2D eigenvalue weighted by Crippen LogP contribution is -2.42. The highest BCUT2D eigenvalue weighted by Crippen LogP contribution is 2.26. The molecule has 0 spiro atoms. The number of rotatable bonds is 6. The van der Waals surface area contributed by atoms with E-state index in [4.69, 9.17) is 0 Å². The Bertz CT molecular complexity index is 418. The van der Waals surface area contributed by atoms with Crippen molar-refractivity contribution in [2.24, 2.45) is 5.92 Å². The minimum Gasteiger partial charge on any atom is -0.388 e. The molecule has 1 aromatic rings. The third-order valence-electron chi connectivity index (χ3n) is 5.47. The van der Waals surface area contributed by atoms with Crippen molar-refractivity contribution >= 4 is 0 Å². The van der Waals surface area contributed by atoms with Gasteiger partial charge in [0, 0.05) is 19.0 Å². The van der Waals surface area contributed by atoms with Crippen LogP contribution in [0.3, 0.4) is 0 Å². The second kappa shape index (κ2) is 8.81. The maximum atomic E-state index is 11.0. The number of benzene rings is 1. The Morgan fingerprint density at radius 1 is 0.739 bits per heavy atom. The number of hydrogen-bond donors (Lipinski definition) is 1. The summed E-state index contributed by atoms with van der Waals surface area (Å²) in [6.45, 7) is 6.89. The summed E-state index contributed by atoms with van der Waals surface area (Å²) < 4.78 is 0.